The van der Waals surface area contributed by atoms with Crippen LogP contribution in [0.5, 0.6) is 0 Å². The molecule has 0 aliphatic heterocycles. The van der Waals surface area contributed by atoms with E-state index >= 15 is 0 Å². The van der Waals surface area contributed by atoms with Crippen LogP contribution in [-0.2, 0) is 0 Å². The molecule has 0 heterocycles. The predicted molar refractivity (Wildman–Crippen MR) is 117 cm³/mol. The average Bonchev–Trinajstić information content (AvgIpc) is 2.77. The normalized spacial score (nSPS) is 16.7. The lowest BCUT2D eigenvalue weighted by atomic mass is 9.84. The first-order valence-corrected chi connectivity index (χ1v) is 9.51. The summed E-state index contributed by atoms with van der Waals surface area (Å²) in [6.45, 7) is 29.9. The monoisotopic (exact) mass is 340 g/mol. The van der Waals surface area contributed by atoms with Crippen LogP contribution in [0, 0.1) is 10.8 Å². The summed E-state index contributed by atoms with van der Waals surface area (Å²) in [6.07, 6.45) is 9.65. The Balaban J connectivity index is 0.00000277. The molecule has 0 bridgehead atoms. The van der Waals surface area contributed by atoms with E-state index in [0.717, 1.165) is 6.42 Å². The average molecular weight is 341 g/mol. The van der Waals surface area contributed by atoms with E-state index in [-0.39, 0.29) is 10.8 Å². The number of rotatable bonds is 4. The molecule has 1 aliphatic carbocycles. The molecule has 0 amide bonds. The van der Waals surface area contributed by atoms with Crippen molar-refractivity contribution in [3.05, 3.63) is 70.9 Å². The van der Waals surface area contributed by atoms with E-state index in [1.807, 2.05) is 26.0 Å². The minimum Gasteiger partial charge on any atom is -0.0988 e. The first-order chi connectivity index (χ1) is 11.4. The maximum Gasteiger partial charge on any atom is -0.00201 e. The largest absolute Gasteiger partial charge is 0.0988 e. The molecule has 0 aromatic rings. The minimum atomic E-state index is 0.124. The molecule has 0 atom stereocenters. The summed E-state index contributed by atoms with van der Waals surface area (Å²) in [4.78, 5) is 0. The highest BCUT2D eigenvalue weighted by Gasteiger charge is 2.21. The van der Waals surface area contributed by atoms with Gasteiger partial charge in [0, 0.05) is 0 Å². The molecule has 0 aromatic heterocycles. The van der Waals surface area contributed by atoms with Gasteiger partial charge < -0.3 is 0 Å². The summed E-state index contributed by atoms with van der Waals surface area (Å²) in [5.41, 5.74) is 8.47. The van der Waals surface area contributed by atoms with E-state index in [0.29, 0.717) is 0 Å². The van der Waals surface area contributed by atoms with E-state index in [4.69, 9.17) is 0 Å². The summed E-state index contributed by atoms with van der Waals surface area (Å²) in [5, 5.41) is 0. The van der Waals surface area contributed by atoms with E-state index < -0.39 is 0 Å². The van der Waals surface area contributed by atoms with Gasteiger partial charge in [-0.05, 0) is 64.5 Å². The highest BCUT2D eigenvalue weighted by molar-refractivity contribution is 5.55. The summed E-state index contributed by atoms with van der Waals surface area (Å²) >= 11 is 0. The summed E-state index contributed by atoms with van der Waals surface area (Å²) in [7, 11) is 0. The first kappa shape index (κ1) is 23.4. The molecule has 0 radical (unpaired) electrons. The summed E-state index contributed by atoms with van der Waals surface area (Å²) < 4.78 is 0. The van der Waals surface area contributed by atoms with Gasteiger partial charge in [0.15, 0.2) is 0 Å². The van der Waals surface area contributed by atoms with Crippen LogP contribution < -0.4 is 0 Å². The van der Waals surface area contributed by atoms with Gasteiger partial charge in [-0.1, -0.05) is 92.9 Å². The van der Waals surface area contributed by atoms with Crippen molar-refractivity contribution in [2.45, 2.75) is 75.7 Å². The van der Waals surface area contributed by atoms with Crippen LogP contribution in [-0.4, -0.2) is 0 Å². The molecular weight excluding hydrogens is 300 g/mol. The molecule has 1 rings (SSSR count). The molecule has 0 saturated heterocycles. The van der Waals surface area contributed by atoms with Crippen LogP contribution in [0.4, 0.5) is 0 Å². The Kier molecular flexibility index (Phi) is 8.65. The molecule has 1 aliphatic rings. The zero-order chi connectivity index (χ0) is 20.0. The lowest BCUT2D eigenvalue weighted by Gasteiger charge is -2.21. The fourth-order valence-corrected chi connectivity index (χ4v) is 2.81. The Morgan fingerprint density at radius 1 is 0.720 bits per heavy atom. The van der Waals surface area contributed by atoms with Crippen molar-refractivity contribution in [1.82, 2.24) is 0 Å². The first-order valence-electron chi connectivity index (χ1n) is 9.51. The fraction of sp³-hybridized carbons (Fsp3) is 0.520. The minimum absolute atomic E-state index is 0.124. The van der Waals surface area contributed by atoms with Crippen LogP contribution in [0.15, 0.2) is 70.9 Å². The Morgan fingerprint density at radius 2 is 1.00 bits per heavy atom. The lowest BCUT2D eigenvalue weighted by Crippen LogP contribution is -2.08. The molecule has 140 valence electrons. The van der Waals surface area contributed by atoms with E-state index in [9.17, 15) is 0 Å². The highest BCUT2D eigenvalue weighted by atomic mass is 14.3. The third-order valence-corrected chi connectivity index (χ3v) is 4.74. The summed E-state index contributed by atoms with van der Waals surface area (Å²) in [6, 6.07) is 0. The van der Waals surface area contributed by atoms with Gasteiger partial charge in [-0.2, -0.15) is 0 Å². The van der Waals surface area contributed by atoms with E-state index in [1.165, 1.54) is 33.4 Å². The molecule has 0 saturated carbocycles. The molecule has 0 heteroatoms. The third kappa shape index (κ3) is 6.34. The lowest BCUT2D eigenvalue weighted by molar-refractivity contribution is 0.516. The van der Waals surface area contributed by atoms with Crippen LogP contribution in [0.2, 0.25) is 0 Å². The maximum absolute atomic E-state index is 4.00. The number of hydrogen-bond acceptors (Lipinski definition) is 0. The van der Waals surface area contributed by atoms with Gasteiger partial charge in [-0.15, -0.1) is 0 Å². The SMILES string of the molecule is C=C/C(=C\C1=C(C)C(C)=C(/C=C(\C=C)C(C)(C)C)C1)C(C)(C)C.CC. The maximum atomic E-state index is 4.00. The topological polar surface area (TPSA) is 0 Å². The van der Waals surface area contributed by atoms with Gasteiger partial charge in [0.05, 0.1) is 0 Å². The highest BCUT2D eigenvalue weighted by Crippen LogP contribution is 2.38. The van der Waals surface area contributed by atoms with Crippen LogP contribution >= 0.6 is 0 Å². The van der Waals surface area contributed by atoms with Crippen molar-refractivity contribution in [3.63, 3.8) is 0 Å². The molecule has 0 unspecified atom stereocenters. The molecular formula is C25H40. The van der Waals surface area contributed by atoms with Crippen molar-refractivity contribution in [1.29, 1.82) is 0 Å². The second-order valence-electron chi connectivity index (χ2n) is 8.58. The Bertz CT molecular complexity index is 558. The van der Waals surface area contributed by atoms with Crippen molar-refractivity contribution < 1.29 is 0 Å². The molecule has 0 fully saturated rings. The second-order valence-corrected chi connectivity index (χ2v) is 8.58. The van der Waals surface area contributed by atoms with Gasteiger partial charge in [0.2, 0.25) is 0 Å². The van der Waals surface area contributed by atoms with Gasteiger partial charge >= 0.3 is 0 Å². The van der Waals surface area contributed by atoms with Gasteiger partial charge in [-0.3, -0.25) is 0 Å². The van der Waals surface area contributed by atoms with Crippen molar-refractivity contribution in [3.8, 4) is 0 Å². The zero-order valence-corrected chi connectivity index (χ0v) is 18.4. The fourth-order valence-electron chi connectivity index (χ4n) is 2.81. The van der Waals surface area contributed by atoms with Crippen molar-refractivity contribution >= 4 is 0 Å². The van der Waals surface area contributed by atoms with Crippen LogP contribution in [0.1, 0.15) is 75.7 Å². The molecule has 25 heavy (non-hydrogen) atoms. The van der Waals surface area contributed by atoms with Gasteiger partial charge in [-0.25, -0.2) is 0 Å². The van der Waals surface area contributed by atoms with Crippen LogP contribution in [0.3, 0.4) is 0 Å². The van der Waals surface area contributed by atoms with Gasteiger partial charge in [0.25, 0.3) is 0 Å². The van der Waals surface area contributed by atoms with Crippen molar-refractivity contribution in [2.24, 2.45) is 10.8 Å². The Morgan fingerprint density at radius 3 is 1.20 bits per heavy atom. The quantitative estimate of drug-likeness (QED) is 0.451. The Labute approximate surface area is 157 Å². The summed E-state index contributed by atoms with van der Waals surface area (Å²) in [5.74, 6) is 0. The predicted octanol–water partition coefficient (Wildman–Crippen LogP) is 8.37. The van der Waals surface area contributed by atoms with E-state index in [2.05, 4.69) is 80.7 Å². The van der Waals surface area contributed by atoms with Crippen LogP contribution in [0.25, 0.3) is 0 Å². The molecule has 0 spiro atoms. The molecule has 0 aromatic carbocycles. The smallest absolute Gasteiger partial charge is 0.00201 e. The van der Waals surface area contributed by atoms with Gasteiger partial charge in [0.1, 0.15) is 0 Å². The number of allylic oxidation sites excluding steroid dienone is 10. The molecule has 0 nitrogen and oxygen atoms in total. The third-order valence-electron chi connectivity index (χ3n) is 4.74. The van der Waals surface area contributed by atoms with Crippen molar-refractivity contribution in [2.75, 3.05) is 0 Å². The molecule has 0 N–H and O–H groups in total. The van der Waals surface area contributed by atoms with E-state index in [1.54, 1.807) is 0 Å². The number of hydrogen-bond donors (Lipinski definition) is 0. The zero-order valence-electron chi connectivity index (χ0n) is 18.4. The standard InChI is InChI=1S/C23H34.C2H6/c1-11-20(22(5,6)7)14-18-13-19(17(4)16(18)3)15-21(12-2)23(8,9)10;1-2/h11-12,14-15H,1-2,13H2,3-10H3;1-2H3/b20-14+,21-15+;. The Hall–Kier alpha value is -1.56. The second kappa shape index (κ2) is 9.22.